The van der Waals surface area contributed by atoms with Crippen LogP contribution in [0.4, 0.5) is 24.5 Å². The van der Waals surface area contributed by atoms with Crippen molar-refractivity contribution >= 4 is 38.8 Å². The molecule has 1 aromatic heterocycles. The summed E-state index contributed by atoms with van der Waals surface area (Å²) < 4.78 is 46.7. The van der Waals surface area contributed by atoms with Crippen LogP contribution in [0.1, 0.15) is 29.3 Å². The fourth-order valence-electron chi connectivity index (χ4n) is 3.36. The molecule has 0 atom stereocenters. The lowest BCUT2D eigenvalue weighted by atomic mass is 10.1. The average molecular weight is 501 g/mol. The molecule has 1 N–H and O–H groups in total. The van der Waals surface area contributed by atoms with Gasteiger partial charge in [-0.25, -0.2) is 4.98 Å². The Morgan fingerprint density at radius 3 is 2.60 bits per heavy atom. The van der Waals surface area contributed by atoms with E-state index >= 15 is 0 Å². The molecular formula is C24H18F3N3O4S. The summed E-state index contributed by atoms with van der Waals surface area (Å²) >= 11 is 1.48. The highest BCUT2D eigenvalue weighted by molar-refractivity contribution is 7.21. The molecule has 0 spiro atoms. The van der Waals surface area contributed by atoms with Crippen molar-refractivity contribution in [3.8, 4) is 16.3 Å². The number of fused-ring (bicyclic) bond motifs is 1. The lowest BCUT2D eigenvalue weighted by Crippen LogP contribution is -2.15. The molecular weight excluding hydrogens is 483 g/mol. The van der Waals surface area contributed by atoms with Gasteiger partial charge in [0.25, 0.3) is 11.6 Å². The van der Waals surface area contributed by atoms with Gasteiger partial charge in [-0.05, 0) is 42.8 Å². The summed E-state index contributed by atoms with van der Waals surface area (Å²) in [5, 5.41) is 14.2. The number of nitrogens with zero attached hydrogens (tertiary/aromatic N) is 2. The Kier molecular flexibility index (Phi) is 6.70. The van der Waals surface area contributed by atoms with Gasteiger partial charge in [0.05, 0.1) is 27.3 Å². The SMILES string of the molecule is CCCOc1cc(NC(=O)c2ccc([N+](=O)[O-])c(C(F)(F)F)c2)ccc1-c1nc2ccccc2s1. The van der Waals surface area contributed by atoms with Crippen LogP contribution in [0, 0.1) is 10.1 Å². The highest BCUT2D eigenvalue weighted by Gasteiger charge is 2.38. The number of carbonyl (C=O) groups is 1. The van der Waals surface area contributed by atoms with Gasteiger partial charge in [0.1, 0.15) is 16.3 Å². The van der Waals surface area contributed by atoms with E-state index < -0.39 is 28.3 Å². The van der Waals surface area contributed by atoms with Crippen molar-refractivity contribution in [3.63, 3.8) is 0 Å². The minimum atomic E-state index is -4.99. The van der Waals surface area contributed by atoms with Gasteiger partial charge in [0.2, 0.25) is 0 Å². The smallest absolute Gasteiger partial charge is 0.423 e. The van der Waals surface area contributed by atoms with E-state index in [1.165, 1.54) is 11.3 Å². The van der Waals surface area contributed by atoms with Crippen LogP contribution in [0.5, 0.6) is 5.75 Å². The molecule has 0 saturated heterocycles. The van der Waals surface area contributed by atoms with Crippen LogP contribution in [0.3, 0.4) is 0 Å². The number of ether oxygens (including phenoxy) is 1. The molecule has 180 valence electrons. The van der Waals surface area contributed by atoms with Crippen molar-refractivity contribution in [3.05, 3.63) is 81.9 Å². The number of alkyl halides is 3. The summed E-state index contributed by atoms with van der Waals surface area (Å²) in [5.41, 5.74) is -1.14. The van der Waals surface area contributed by atoms with E-state index in [4.69, 9.17) is 4.74 Å². The van der Waals surface area contributed by atoms with Crippen molar-refractivity contribution < 1.29 is 27.6 Å². The van der Waals surface area contributed by atoms with Gasteiger partial charge >= 0.3 is 6.18 Å². The van der Waals surface area contributed by atoms with Crippen LogP contribution >= 0.6 is 11.3 Å². The van der Waals surface area contributed by atoms with E-state index in [9.17, 15) is 28.1 Å². The van der Waals surface area contributed by atoms with Crippen LogP contribution < -0.4 is 10.1 Å². The minimum Gasteiger partial charge on any atom is -0.493 e. The largest absolute Gasteiger partial charge is 0.493 e. The van der Waals surface area contributed by atoms with E-state index in [2.05, 4.69) is 10.3 Å². The van der Waals surface area contributed by atoms with E-state index in [0.717, 1.165) is 27.7 Å². The summed E-state index contributed by atoms with van der Waals surface area (Å²) in [4.78, 5) is 27.1. The average Bonchev–Trinajstić information content (AvgIpc) is 3.26. The summed E-state index contributed by atoms with van der Waals surface area (Å²) in [6.07, 6.45) is -4.25. The lowest BCUT2D eigenvalue weighted by Gasteiger charge is -2.13. The Balaban J connectivity index is 1.65. The van der Waals surface area contributed by atoms with Gasteiger partial charge < -0.3 is 10.1 Å². The van der Waals surface area contributed by atoms with Crippen molar-refractivity contribution in [2.75, 3.05) is 11.9 Å². The number of amides is 1. The number of hydrogen-bond donors (Lipinski definition) is 1. The quantitative estimate of drug-likeness (QED) is 0.219. The summed E-state index contributed by atoms with van der Waals surface area (Å²) in [6.45, 7) is 2.35. The van der Waals surface area contributed by atoms with Gasteiger partial charge in [-0.1, -0.05) is 19.1 Å². The molecule has 1 heterocycles. The topological polar surface area (TPSA) is 94.4 Å². The highest BCUT2D eigenvalue weighted by Crippen LogP contribution is 2.38. The molecule has 35 heavy (non-hydrogen) atoms. The maximum absolute atomic E-state index is 13.3. The summed E-state index contributed by atoms with van der Waals surface area (Å²) in [7, 11) is 0. The van der Waals surface area contributed by atoms with Gasteiger partial charge in [0.15, 0.2) is 0 Å². The zero-order chi connectivity index (χ0) is 25.2. The van der Waals surface area contributed by atoms with Crippen LogP contribution in [0.25, 0.3) is 20.8 Å². The number of aromatic nitrogens is 1. The van der Waals surface area contributed by atoms with Gasteiger partial charge in [-0.15, -0.1) is 11.3 Å². The number of rotatable bonds is 7. The van der Waals surface area contributed by atoms with Gasteiger partial charge in [0, 0.05) is 23.4 Å². The van der Waals surface area contributed by atoms with Crippen LogP contribution in [-0.2, 0) is 6.18 Å². The van der Waals surface area contributed by atoms with Gasteiger partial charge in [-0.2, -0.15) is 13.2 Å². The second-order valence-electron chi connectivity index (χ2n) is 7.49. The predicted molar refractivity (Wildman–Crippen MR) is 127 cm³/mol. The lowest BCUT2D eigenvalue weighted by molar-refractivity contribution is -0.388. The molecule has 0 aliphatic rings. The molecule has 4 aromatic rings. The Labute approximate surface area is 201 Å². The number of nitro groups is 1. The zero-order valence-corrected chi connectivity index (χ0v) is 19.1. The number of halogens is 3. The molecule has 0 bridgehead atoms. The van der Waals surface area contributed by atoms with Crippen LogP contribution in [0.15, 0.2) is 60.7 Å². The predicted octanol–water partition coefficient (Wildman–Crippen LogP) is 6.93. The number of benzene rings is 3. The normalized spacial score (nSPS) is 11.4. The van der Waals surface area contributed by atoms with Crippen molar-refractivity contribution in [2.45, 2.75) is 19.5 Å². The standard InChI is InChI=1S/C24H18F3N3O4S/c1-2-11-34-20-13-15(8-9-16(20)23-29-18-5-3-4-6-21(18)35-23)28-22(31)14-7-10-19(30(32)33)17(12-14)24(25,26)27/h3-10,12-13H,2,11H2,1H3,(H,28,31). The first-order valence-electron chi connectivity index (χ1n) is 10.5. The molecule has 3 aromatic carbocycles. The minimum absolute atomic E-state index is 0.290. The number of thiazole rings is 1. The number of para-hydroxylation sites is 1. The van der Waals surface area contributed by atoms with E-state index in [0.29, 0.717) is 30.1 Å². The third-order valence-corrected chi connectivity index (χ3v) is 6.06. The molecule has 0 aliphatic heterocycles. The monoisotopic (exact) mass is 501 g/mol. The zero-order valence-electron chi connectivity index (χ0n) is 18.3. The Morgan fingerprint density at radius 2 is 1.91 bits per heavy atom. The maximum Gasteiger partial charge on any atom is 0.423 e. The maximum atomic E-state index is 13.3. The summed E-state index contributed by atoms with van der Waals surface area (Å²) in [6, 6.07) is 14.7. The van der Waals surface area contributed by atoms with Crippen molar-refractivity contribution in [1.82, 2.24) is 4.98 Å². The van der Waals surface area contributed by atoms with Crippen LogP contribution in [0.2, 0.25) is 0 Å². The number of nitrogens with one attached hydrogen (secondary N) is 1. The second-order valence-corrected chi connectivity index (χ2v) is 8.52. The Morgan fingerprint density at radius 1 is 1.14 bits per heavy atom. The molecule has 0 aliphatic carbocycles. The third kappa shape index (κ3) is 5.24. The fourth-order valence-corrected chi connectivity index (χ4v) is 4.36. The van der Waals surface area contributed by atoms with E-state index in [-0.39, 0.29) is 11.3 Å². The molecule has 0 unspecified atom stereocenters. The number of nitro benzene ring substituents is 1. The van der Waals surface area contributed by atoms with Crippen molar-refractivity contribution in [1.29, 1.82) is 0 Å². The number of anilines is 1. The van der Waals surface area contributed by atoms with E-state index in [1.54, 1.807) is 18.2 Å². The molecule has 0 saturated carbocycles. The number of carbonyl (C=O) groups excluding carboxylic acids is 1. The van der Waals surface area contributed by atoms with Crippen molar-refractivity contribution in [2.24, 2.45) is 0 Å². The Bertz CT molecular complexity index is 1390. The molecule has 1 amide bonds. The summed E-state index contributed by atoms with van der Waals surface area (Å²) in [5.74, 6) is -0.386. The second kappa shape index (κ2) is 9.71. The van der Waals surface area contributed by atoms with Crippen LogP contribution in [-0.4, -0.2) is 22.4 Å². The molecule has 0 fully saturated rings. The molecule has 4 rings (SSSR count). The first kappa shape index (κ1) is 24.1. The van der Waals surface area contributed by atoms with E-state index in [1.807, 2.05) is 31.2 Å². The molecule has 0 radical (unpaired) electrons. The fraction of sp³-hybridized carbons (Fsp3) is 0.167. The number of hydrogen-bond acceptors (Lipinski definition) is 6. The third-order valence-electron chi connectivity index (χ3n) is 4.99. The Hall–Kier alpha value is -3.99. The van der Waals surface area contributed by atoms with Gasteiger partial charge in [-0.3, -0.25) is 14.9 Å². The molecule has 7 nitrogen and oxygen atoms in total. The first-order valence-corrected chi connectivity index (χ1v) is 11.3. The molecule has 11 heteroatoms. The highest BCUT2D eigenvalue weighted by atomic mass is 32.1. The first-order chi connectivity index (χ1) is 16.7.